The molecule has 0 aromatic carbocycles. The number of hydrogen-bond donors (Lipinski definition) is 2. The second-order valence-electron chi connectivity index (χ2n) is 3.39. The molecule has 0 saturated heterocycles. The van der Waals surface area contributed by atoms with Crippen LogP contribution in [0.4, 0.5) is 0 Å². The van der Waals surface area contributed by atoms with Gasteiger partial charge < -0.3 is 9.15 Å². The second kappa shape index (κ2) is 5.30. The average Bonchev–Trinajstić information content (AvgIpc) is 2.72. The van der Waals surface area contributed by atoms with Crippen molar-refractivity contribution in [3.8, 4) is 0 Å². The Morgan fingerprint density at radius 3 is 2.71 bits per heavy atom. The van der Waals surface area contributed by atoms with E-state index in [1.165, 1.54) is 19.2 Å². The molecule has 0 amide bonds. The number of methoxy groups -OCH3 is 1. The third kappa shape index (κ3) is 3.84. The Balaban J connectivity index is 2.59. The summed E-state index contributed by atoms with van der Waals surface area (Å²) in [5, 5.41) is 7.38. The van der Waals surface area contributed by atoms with Gasteiger partial charge in [-0.2, -0.15) is 0 Å². The van der Waals surface area contributed by atoms with Gasteiger partial charge >= 0.3 is 5.97 Å². The van der Waals surface area contributed by atoms with Crippen LogP contribution < -0.4 is 10.5 Å². The van der Waals surface area contributed by atoms with Crippen LogP contribution in [0.2, 0.25) is 0 Å². The SMILES string of the molecule is COC(=O)C(C)NCc1ccc(S(N)(=O)=O)o1. The van der Waals surface area contributed by atoms with Crippen molar-refractivity contribution in [2.45, 2.75) is 24.6 Å². The van der Waals surface area contributed by atoms with E-state index in [0.29, 0.717) is 5.76 Å². The lowest BCUT2D eigenvalue weighted by Crippen LogP contribution is -2.34. The molecule has 8 heteroatoms. The molecule has 1 heterocycles. The maximum atomic E-state index is 11.1. The minimum absolute atomic E-state index is 0.200. The molecule has 0 aliphatic heterocycles. The van der Waals surface area contributed by atoms with Gasteiger partial charge in [-0.25, -0.2) is 13.6 Å². The molecule has 1 unspecified atom stereocenters. The van der Waals surface area contributed by atoms with E-state index in [1.54, 1.807) is 6.92 Å². The van der Waals surface area contributed by atoms with Crippen LogP contribution in [0.1, 0.15) is 12.7 Å². The number of nitrogens with two attached hydrogens (primary N) is 1. The predicted octanol–water partition coefficient (Wildman–Crippen LogP) is -0.422. The molecule has 0 aliphatic carbocycles. The van der Waals surface area contributed by atoms with E-state index in [2.05, 4.69) is 10.1 Å². The number of hydrogen-bond acceptors (Lipinski definition) is 6. The van der Waals surface area contributed by atoms with Crippen LogP contribution in [-0.4, -0.2) is 27.5 Å². The first kappa shape index (κ1) is 13.7. The van der Waals surface area contributed by atoms with Gasteiger partial charge in [0, 0.05) is 0 Å². The number of carbonyl (C=O) groups is 1. The van der Waals surface area contributed by atoms with Crippen molar-refractivity contribution < 1.29 is 22.4 Å². The summed E-state index contributed by atoms with van der Waals surface area (Å²) < 4.78 is 31.4. The van der Waals surface area contributed by atoms with Gasteiger partial charge in [-0.15, -0.1) is 0 Å². The largest absolute Gasteiger partial charge is 0.468 e. The molecule has 17 heavy (non-hydrogen) atoms. The van der Waals surface area contributed by atoms with Crippen LogP contribution in [0, 0.1) is 0 Å². The highest BCUT2D eigenvalue weighted by molar-refractivity contribution is 7.89. The lowest BCUT2D eigenvalue weighted by atomic mass is 10.3. The van der Waals surface area contributed by atoms with Gasteiger partial charge in [-0.05, 0) is 19.1 Å². The number of carbonyl (C=O) groups excluding carboxylic acids is 1. The van der Waals surface area contributed by atoms with Crippen molar-refractivity contribution in [2.24, 2.45) is 5.14 Å². The number of esters is 1. The fourth-order valence-electron chi connectivity index (χ4n) is 1.12. The number of furan rings is 1. The topological polar surface area (TPSA) is 112 Å². The minimum Gasteiger partial charge on any atom is -0.468 e. The van der Waals surface area contributed by atoms with Gasteiger partial charge in [0.05, 0.1) is 13.7 Å². The van der Waals surface area contributed by atoms with Crippen molar-refractivity contribution >= 4 is 16.0 Å². The monoisotopic (exact) mass is 262 g/mol. The Hall–Kier alpha value is -1.38. The van der Waals surface area contributed by atoms with Gasteiger partial charge in [-0.3, -0.25) is 10.1 Å². The number of sulfonamides is 1. The first-order chi connectivity index (χ1) is 7.84. The van der Waals surface area contributed by atoms with Crippen molar-refractivity contribution in [2.75, 3.05) is 7.11 Å². The summed E-state index contributed by atoms with van der Waals surface area (Å²) in [5.74, 6) is -0.0481. The zero-order chi connectivity index (χ0) is 13.1. The van der Waals surface area contributed by atoms with E-state index in [9.17, 15) is 13.2 Å². The van der Waals surface area contributed by atoms with Crippen molar-refractivity contribution in [1.82, 2.24) is 5.32 Å². The first-order valence-corrected chi connectivity index (χ1v) is 6.32. The van der Waals surface area contributed by atoms with Crippen LogP contribution in [0.3, 0.4) is 0 Å². The van der Waals surface area contributed by atoms with Crippen molar-refractivity contribution in [3.05, 3.63) is 17.9 Å². The highest BCUT2D eigenvalue weighted by Gasteiger charge is 2.15. The number of rotatable bonds is 5. The summed E-state index contributed by atoms with van der Waals surface area (Å²) >= 11 is 0. The molecular formula is C9H14N2O5S. The van der Waals surface area contributed by atoms with Crippen LogP contribution in [-0.2, 0) is 26.1 Å². The lowest BCUT2D eigenvalue weighted by Gasteiger charge is -2.09. The minimum atomic E-state index is -3.83. The summed E-state index contributed by atoms with van der Waals surface area (Å²) in [7, 11) is -2.54. The van der Waals surface area contributed by atoms with Crippen molar-refractivity contribution in [3.63, 3.8) is 0 Å². The summed E-state index contributed by atoms with van der Waals surface area (Å²) in [4.78, 5) is 11.1. The normalized spacial score (nSPS) is 13.4. The van der Waals surface area contributed by atoms with Crippen LogP contribution in [0.25, 0.3) is 0 Å². The zero-order valence-corrected chi connectivity index (χ0v) is 10.3. The average molecular weight is 262 g/mol. The van der Waals surface area contributed by atoms with Gasteiger partial charge in [0.1, 0.15) is 11.8 Å². The molecular weight excluding hydrogens is 248 g/mol. The first-order valence-electron chi connectivity index (χ1n) is 4.77. The zero-order valence-electron chi connectivity index (χ0n) is 9.47. The molecule has 7 nitrogen and oxygen atoms in total. The number of ether oxygens (including phenoxy) is 1. The number of primary sulfonamides is 1. The highest BCUT2D eigenvalue weighted by Crippen LogP contribution is 2.11. The van der Waals surface area contributed by atoms with Gasteiger partial charge in [-0.1, -0.05) is 0 Å². The molecule has 1 rings (SSSR count). The Kier molecular flexibility index (Phi) is 4.27. The molecule has 0 spiro atoms. The Morgan fingerprint density at radius 1 is 1.59 bits per heavy atom. The van der Waals surface area contributed by atoms with Gasteiger partial charge in [0.15, 0.2) is 0 Å². The van der Waals surface area contributed by atoms with Gasteiger partial charge in [0.25, 0.3) is 10.0 Å². The molecule has 0 fully saturated rings. The molecule has 0 radical (unpaired) electrons. The maximum Gasteiger partial charge on any atom is 0.322 e. The van der Waals surface area contributed by atoms with E-state index < -0.39 is 22.0 Å². The summed E-state index contributed by atoms with van der Waals surface area (Å²) in [5.41, 5.74) is 0. The predicted molar refractivity (Wildman–Crippen MR) is 58.4 cm³/mol. The Labute approximate surface area is 99.0 Å². The fourth-order valence-corrected chi connectivity index (χ4v) is 1.60. The Bertz CT molecular complexity index is 493. The molecule has 1 atom stereocenters. The fraction of sp³-hybridized carbons (Fsp3) is 0.444. The second-order valence-corrected chi connectivity index (χ2v) is 4.88. The Morgan fingerprint density at radius 2 is 2.24 bits per heavy atom. The molecule has 96 valence electrons. The molecule has 0 saturated carbocycles. The summed E-state index contributed by atoms with van der Waals surface area (Å²) in [6.07, 6.45) is 0. The van der Waals surface area contributed by atoms with Crippen molar-refractivity contribution in [1.29, 1.82) is 0 Å². The summed E-state index contributed by atoms with van der Waals surface area (Å²) in [6, 6.07) is 2.22. The third-order valence-corrected chi connectivity index (χ3v) is 2.83. The summed E-state index contributed by atoms with van der Waals surface area (Å²) in [6.45, 7) is 1.82. The van der Waals surface area contributed by atoms with Crippen LogP contribution >= 0.6 is 0 Å². The quantitative estimate of drug-likeness (QED) is 0.697. The third-order valence-electron chi connectivity index (χ3n) is 2.05. The smallest absolute Gasteiger partial charge is 0.322 e. The van der Waals surface area contributed by atoms with Crippen LogP contribution in [0.15, 0.2) is 21.6 Å². The van der Waals surface area contributed by atoms with Gasteiger partial charge in [0.2, 0.25) is 5.09 Å². The van der Waals surface area contributed by atoms with Crippen LogP contribution in [0.5, 0.6) is 0 Å². The highest BCUT2D eigenvalue weighted by atomic mass is 32.2. The van der Waals surface area contributed by atoms with E-state index >= 15 is 0 Å². The standard InChI is InChI=1S/C9H14N2O5S/c1-6(9(12)15-2)11-5-7-3-4-8(16-7)17(10,13)14/h3-4,6,11H,5H2,1-2H3,(H2,10,13,14). The molecule has 0 bridgehead atoms. The molecule has 1 aromatic heterocycles. The van der Waals surface area contributed by atoms with E-state index in [0.717, 1.165) is 0 Å². The van der Waals surface area contributed by atoms with E-state index in [4.69, 9.17) is 9.56 Å². The molecule has 1 aromatic rings. The molecule has 3 N–H and O–H groups in total. The number of nitrogens with one attached hydrogen (secondary N) is 1. The van der Waals surface area contributed by atoms with E-state index in [1.807, 2.05) is 0 Å². The lowest BCUT2D eigenvalue weighted by molar-refractivity contribution is -0.142. The maximum absolute atomic E-state index is 11.1. The molecule has 0 aliphatic rings. The van der Waals surface area contributed by atoms with E-state index in [-0.39, 0.29) is 11.6 Å².